The van der Waals surface area contributed by atoms with Crippen molar-refractivity contribution in [2.24, 2.45) is 5.73 Å². The molecule has 2 N–H and O–H groups in total. The topological polar surface area (TPSA) is 43.8 Å². The molecule has 0 atom stereocenters. The van der Waals surface area contributed by atoms with Crippen LogP contribution in [0.3, 0.4) is 0 Å². The molecule has 2 rings (SSSR count). The normalized spacial score (nSPS) is 10.5. The van der Waals surface area contributed by atoms with Crippen LogP contribution in [0.15, 0.2) is 36.8 Å². The van der Waals surface area contributed by atoms with Crippen molar-refractivity contribution in [2.75, 3.05) is 6.54 Å². The maximum Gasteiger partial charge on any atom is 0.0995 e. The van der Waals surface area contributed by atoms with Gasteiger partial charge < -0.3 is 10.3 Å². The Morgan fingerprint density at radius 2 is 2.00 bits per heavy atom. The predicted octanol–water partition coefficient (Wildman–Crippen LogP) is 1.68. The maximum atomic E-state index is 5.50. The van der Waals surface area contributed by atoms with E-state index in [2.05, 4.69) is 29.2 Å². The van der Waals surface area contributed by atoms with Crippen molar-refractivity contribution in [1.29, 1.82) is 0 Å². The molecule has 15 heavy (non-hydrogen) atoms. The Kier molecular flexibility index (Phi) is 2.83. The van der Waals surface area contributed by atoms with Gasteiger partial charge in [0.15, 0.2) is 0 Å². The lowest BCUT2D eigenvalue weighted by atomic mass is 10.1. The van der Waals surface area contributed by atoms with Crippen molar-refractivity contribution in [2.45, 2.75) is 13.3 Å². The van der Waals surface area contributed by atoms with Crippen LogP contribution in [0.25, 0.3) is 5.69 Å². The zero-order chi connectivity index (χ0) is 10.7. The van der Waals surface area contributed by atoms with E-state index in [0.29, 0.717) is 6.54 Å². The van der Waals surface area contributed by atoms with E-state index in [1.807, 2.05) is 24.0 Å². The van der Waals surface area contributed by atoms with Crippen LogP contribution in [0.2, 0.25) is 0 Å². The molecule has 0 unspecified atom stereocenters. The van der Waals surface area contributed by atoms with Gasteiger partial charge in [0, 0.05) is 11.9 Å². The number of nitrogens with zero attached hydrogens (tertiary/aromatic N) is 2. The lowest BCUT2D eigenvalue weighted by Gasteiger charge is -2.03. The lowest BCUT2D eigenvalue weighted by molar-refractivity contribution is 0.964. The first-order valence-electron chi connectivity index (χ1n) is 5.09. The van der Waals surface area contributed by atoms with Crippen molar-refractivity contribution in [3.63, 3.8) is 0 Å². The number of rotatable bonds is 3. The fourth-order valence-electron chi connectivity index (χ4n) is 1.56. The van der Waals surface area contributed by atoms with Gasteiger partial charge in [-0.3, -0.25) is 0 Å². The molecule has 0 bridgehead atoms. The number of hydrogen-bond donors (Lipinski definition) is 1. The van der Waals surface area contributed by atoms with E-state index in [4.69, 9.17) is 5.73 Å². The monoisotopic (exact) mass is 201 g/mol. The van der Waals surface area contributed by atoms with Gasteiger partial charge in [0.2, 0.25) is 0 Å². The average Bonchev–Trinajstić information content (AvgIpc) is 2.67. The highest BCUT2D eigenvalue weighted by Gasteiger charge is 1.97. The molecular weight excluding hydrogens is 186 g/mol. The second-order valence-corrected chi connectivity index (χ2v) is 3.63. The molecule has 3 heteroatoms. The summed E-state index contributed by atoms with van der Waals surface area (Å²) in [6.45, 7) is 2.68. The molecule has 0 radical (unpaired) electrons. The quantitative estimate of drug-likeness (QED) is 0.821. The van der Waals surface area contributed by atoms with Gasteiger partial charge in [0.05, 0.1) is 12.0 Å². The predicted molar refractivity (Wildman–Crippen MR) is 61.1 cm³/mol. The Bertz CT molecular complexity index is 428. The molecule has 78 valence electrons. The number of imidazole rings is 1. The zero-order valence-electron chi connectivity index (χ0n) is 8.85. The first kappa shape index (κ1) is 9.93. The van der Waals surface area contributed by atoms with E-state index in [1.165, 1.54) is 5.56 Å². The number of aryl methyl sites for hydroxylation is 1. The highest BCUT2D eigenvalue weighted by Crippen LogP contribution is 2.10. The second kappa shape index (κ2) is 4.28. The summed E-state index contributed by atoms with van der Waals surface area (Å²) in [7, 11) is 0. The van der Waals surface area contributed by atoms with Gasteiger partial charge >= 0.3 is 0 Å². The zero-order valence-corrected chi connectivity index (χ0v) is 8.85. The molecule has 1 aromatic heterocycles. The minimum atomic E-state index is 0.698. The Hall–Kier alpha value is -1.61. The number of nitrogens with two attached hydrogens (primary N) is 1. The molecule has 0 saturated carbocycles. The molecule has 0 fully saturated rings. The van der Waals surface area contributed by atoms with Crippen LogP contribution in [0.5, 0.6) is 0 Å². The van der Waals surface area contributed by atoms with Gasteiger partial charge in [-0.25, -0.2) is 4.98 Å². The van der Waals surface area contributed by atoms with Gasteiger partial charge in [0.25, 0.3) is 0 Å². The summed E-state index contributed by atoms with van der Waals surface area (Å²) in [6.07, 6.45) is 4.77. The van der Waals surface area contributed by atoms with Crippen LogP contribution in [0.1, 0.15) is 11.3 Å². The third-order valence-corrected chi connectivity index (χ3v) is 2.38. The number of aromatic nitrogens is 2. The first-order valence-corrected chi connectivity index (χ1v) is 5.09. The van der Waals surface area contributed by atoms with Crippen LogP contribution in [0, 0.1) is 6.92 Å². The largest absolute Gasteiger partial charge is 0.330 e. The van der Waals surface area contributed by atoms with E-state index in [1.54, 1.807) is 0 Å². The van der Waals surface area contributed by atoms with Gasteiger partial charge in [-0.2, -0.15) is 0 Å². The summed E-state index contributed by atoms with van der Waals surface area (Å²) >= 11 is 0. The van der Waals surface area contributed by atoms with Crippen LogP contribution < -0.4 is 5.73 Å². The van der Waals surface area contributed by atoms with Crippen molar-refractivity contribution in [1.82, 2.24) is 9.55 Å². The van der Waals surface area contributed by atoms with Crippen LogP contribution >= 0.6 is 0 Å². The molecular formula is C12H15N3. The smallest absolute Gasteiger partial charge is 0.0995 e. The van der Waals surface area contributed by atoms with Crippen molar-refractivity contribution in [3.8, 4) is 5.69 Å². The SMILES string of the molecule is Cc1cn(-c2ccc(CCN)cc2)cn1. The van der Waals surface area contributed by atoms with E-state index in [9.17, 15) is 0 Å². The molecule has 0 spiro atoms. The summed E-state index contributed by atoms with van der Waals surface area (Å²) in [6, 6.07) is 8.40. The highest BCUT2D eigenvalue weighted by atomic mass is 15.0. The molecule has 3 nitrogen and oxygen atoms in total. The van der Waals surface area contributed by atoms with Crippen LogP contribution in [-0.2, 0) is 6.42 Å². The molecule has 1 heterocycles. The molecule has 0 amide bonds. The van der Waals surface area contributed by atoms with Gasteiger partial charge in [-0.1, -0.05) is 12.1 Å². The van der Waals surface area contributed by atoms with Gasteiger partial charge in [-0.15, -0.1) is 0 Å². The van der Waals surface area contributed by atoms with Crippen molar-refractivity contribution >= 4 is 0 Å². The first-order chi connectivity index (χ1) is 7.29. The Morgan fingerprint density at radius 3 is 2.53 bits per heavy atom. The van der Waals surface area contributed by atoms with E-state index in [-0.39, 0.29) is 0 Å². The minimum Gasteiger partial charge on any atom is -0.330 e. The highest BCUT2D eigenvalue weighted by molar-refractivity contribution is 5.35. The second-order valence-electron chi connectivity index (χ2n) is 3.63. The van der Waals surface area contributed by atoms with Gasteiger partial charge in [-0.05, 0) is 37.6 Å². The summed E-state index contributed by atoms with van der Waals surface area (Å²) < 4.78 is 2.02. The molecule has 0 saturated heterocycles. The Labute approximate surface area is 89.6 Å². The van der Waals surface area contributed by atoms with E-state index >= 15 is 0 Å². The number of hydrogen-bond acceptors (Lipinski definition) is 2. The van der Waals surface area contributed by atoms with Crippen molar-refractivity contribution < 1.29 is 0 Å². The van der Waals surface area contributed by atoms with E-state index < -0.39 is 0 Å². The minimum absolute atomic E-state index is 0.698. The molecule has 0 aliphatic heterocycles. The molecule has 0 aliphatic carbocycles. The fourth-order valence-corrected chi connectivity index (χ4v) is 1.56. The van der Waals surface area contributed by atoms with Crippen LogP contribution in [-0.4, -0.2) is 16.1 Å². The Morgan fingerprint density at radius 1 is 1.27 bits per heavy atom. The van der Waals surface area contributed by atoms with E-state index in [0.717, 1.165) is 17.8 Å². The van der Waals surface area contributed by atoms with Crippen molar-refractivity contribution in [3.05, 3.63) is 48.0 Å². The van der Waals surface area contributed by atoms with Gasteiger partial charge in [0.1, 0.15) is 0 Å². The fraction of sp³-hybridized carbons (Fsp3) is 0.250. The molecule has 1 aromatic carbocycles. The summed E-state index contributed by atoms with van der Waals surface area (Å²) in [5.41, 5.74) is 8.94. The summed E-state index contributed by atoms with van der Waals surface area (Å²) in [4.78, 5) is 4.19. The molecule has 0 aliphatic rings. The summed E-state index contributed by atoms with van der Waals surface area (Å²) in [5.74, 6) is 0. The summed E-state index contributed by atoms with van der Waals surface area (Å²) in [5, 5.41) is 0. The standard InChI is InChI=1S/C12H15N3/c1-10-8-15(9-14-10)12-4-2-11(3-5-12)6-7-13/h2-5,8-9H,6-7,13H2,1H3. The lowest BCUT2D eigenvalue weighted by Crippen LogP contribution is -2.02. The third kappa shape index (κ3) is 2.25. The molecule has 2 aromatic rings. The maximum absolute atomic E-state index is 5.50. The third-order valence-electron chi connectivity index (χ3n) is 2.38. The van der Waals surface area contributed by atoms with Crippen LogP contribution in [0.4, 0.5) is 0 Å². The average molecular weight is 201 g/mol. The number of benzene rings is 1. The Balaban J connectivity index is 2.23.